The predicted octanol–water partition coefficient (Wildman–Crippen LogP) is 2.35. The van der Waals surface area contributed by atoms with E-state index in [2.05, 4.69) is 21.2 Å². The first-order valence-corrected chi connectivity index (χ1v) is 7.78. The van der Waals surface area contributed by atoms with Crippen molar-refractivity contribution in [3.8, 4) is 5.75 Å². The standard InChI is InChI=1S/C15H18BrNO3/c16-10-3-4-13-11(7-10)12(8-20-13)14(19)17-15(9-18)5-1-2-6-15/h3-4,7,12,18H,1-2,5-6,8-9H2,(H,17,19). The Balaban J connectivity index is 1.78. The van der Waals surface area contributed by atoms with Gasteiger partial charge >= 0.3 is 0 Å². The van der Waals surface area contributed by atoms with Gasteiger partial charge in [-0.1, -0.05) is 28.8 Å². The molecule has 0 saturated heterocycles. The van der Waals surface area contributed by atoms with Crippen molar-refractivity contribution < 1.29 is 14.6 Å². The number of carbonyl (C=O) groups is 1. The Morgan fingerprint density at radius 1 is 1.45 bits per heavy atom. The molecule has 1 aromatic rings. The van der Waals surface area contributed by atoms with E-state index in [1.54, 1.807) is 0 Å². The summed E-state index contributed by atoms with van der Waals surface area (Å²) in [5.74, 6) is 0.446. The van der Waals surface area contributed by atoms with Gasteiger partial charge in [0.1, 0.15) is 18.3 Å². The second-order valence-corrected chi connectivity index (χ2v) is 6.60. The minimum absolute atomic E-state index is 0.0116. The summed E-state index contributed by atoms with van der Waals surface area (Å²) in [6, 6.07) is 5.72. The van der Waals surface area contributed by atoms with Crippen LogP contribution in [0.2, 0.25) is 0 Å². The number of rotatable bonds is 3. The summed E-state index contributed by atoms with van der Waals surface area (Å²) in [5, 5.41) is 12.7. The highest BCUT2D eigenvalue weighted by Crippen LogP contribution is 2.37. The third kappa shape index (κ3) is 2.44. The monoisotopic (exact) mass is 339 g/mol. The maximum absolute atomic E-state index is 12.5. The summed E-state index contributed by atoms with van der Waals surface area (Å²) in [5.41, 5.74) is 0.495. The molecule has 2 N–H and O–H groups in total. The second-order valence-electron chi connectivity index (χ2n) is 5.68. The van der Waals surface area contributed by atoms with Gasteiger partial charge in [-0.25, -0.2) is 0 Å². The smallest absolute Gasteiger partial charge is 0.231 e. The van der Waals surface area contributed by atoms with Crippen molar-refractivity contribution >= 4 is 21.8 Å². The van der Waals surface area contributed by atoms with Crippen molar-refractivity contribution in [2.45, 2.75) is 37.1 Å². The van der Waals surface area contributed by atoms with Crippen LogP contribution in [0.15, 0.2) is 22.7 Å². The zero-order valence-corrected chi connectivity index (χ0v) is 12.8. The van der Waals surface area contributed by atoms with Gasteiger partial charge in [-0.15, -0.1) is 0 Å². The van der Waals surface area contributed by atoms with Crippen LogP contribution in [0, 0.1) is 0 Å². The fourth-order valence-corrected chi connectivity index (χ4v) is 3.50. The number of carbonyl (C=O) groups excluding carboxylic acids is 1. The lowest BCUT2D eigenvalue weighted by atomic mass is 9.95. The molecule has 1 amide bonds. The van der Waals surface area contributed by atoms with E-state index in [-0.39, 0.29) is 18.4 Å². The molecule has 1 aromatic carbocycles. The summed E-state index contributed by atoms with van der Waals surface area (Å²) >= 11 is 3.43. The fourth-order valence-electron chi connectivity index (χ4n) is 3.13. The van der Waals surface area contributed by atoms with Gasteiger partial charge in [0.25, 0.3) is 0 Å². The Kier molecular flexibility index (Phi) is 3.73. The van der Waals surface area contributed by atoms with Crippen molar-refractivity contribution in [3.63, 3.8) is 0 Å². The van der Waals surface area contributed by atoms with E-state index < -0.39 is 5.54 Å². The second kappa shape index (κ2) is 5.37. The number of hydrogen-bond donors (Lipinski definition) is 2. The van der Waals surface area contributed by atoms with Gasteiger partial charge in [0.05, 0.1) is 12.1 Å². The van der Waals surface area contributed by atoms with Crippen LogP contribution in [0.3, 0.4) is 0 Å². The number of benzene rings is 1. The van der Waals surface area contributed by atoms with Crippen LogP contribution < -0.4 is 10.1 Å². The highest BCUT2D eigenvalue weighted by Gasteiger charge is 2.38. The molecule has 5 heteroatoms. The number of amides is 1. The van der Waals surface area contributed by atoms with E-state index in [4.69, 9.17) is 4.74 Å². The molecule has 0 radical (unpaired) electrons. The largest absolute Gasteiger partial charge is 0.492 e. The van der Waals surface area contributed by atoms with Gasteiger partial charge in [-0.2, -0.15) is 0 Å². The Hall–Kier alpha value is -1.07. The minimum atomic E-state index is -0.425. The highest BCUT2D eigenvalue weighted by atomic mass is 79.9. The predicted molar refractivity (Wildman–Crippen MR) is 78.8 cm³/mol. The summed E-state index contributed by atoms with van der Waals surface area (Å²) in [4.78, 5) is 12.5. The molecule has 1 atom stereocenters. The molecule has 0 spiro atoms. The average Bonchev–Trinajstić information content (AvgIpc) is 3.05. The molecule has 3 rings (SSSR count). The van der Waals surface area contributed by atoms with E-state index in [1.807, 2.05) is 18.2 Å². The summed E-state index contributed by atoms with van der Waals surface area (Å²) in [7, 11) is 0. The number of aliphatic hydroxyl groups is 1. The third-order valence-electron chi connectivity index (χ3n) is 4.32. The molecule has 1 heterocycles. The minimum Gasteiger partial charge on any atom is -0.492 e. The molecule has 1 aliphatic carbocycles. The van der Waals surface area contributed by atoms with Crippen LogP contribution in [0.1, 0.15) is 37.2 Å². The molecule has 1 fully saturated rings. The topological polar surface area (TPSA) is 58.6 Å². The number of ether oxygens (including phenoxy) is 1. The highest BCUT2D eigenvalue weighted by molar-refractivity contribution is 9.10. The van der Waals surface area contributed by atoms with E-state index in [9.17, 15) is 9.90 Å². The van der Waals surface area contributed by atoms with Crippen molar-refractivity contribution in [3.05, 3.63) is 28.2 Å². The summed E-state index contributed by atoms with van der Waals surface area (Å²) in [6.45, 7) is 0.386. The first-order chi connectivity index (χ1) is 9.63. The van der Waals surface area contributed by atoms with E-state index >= 15 is 0 Å². The first kappa shape index (κ1) is 13.9. The van der Waals surface area contributed by atoms with Crippen LogP contribution in [-0.2, 0) is 4.79 Å². The Morgan fingerprint density at radius 3 is 2.90 bits per heavy atom. The van der Waals surface area contributed by atoms with Crippen LogP contribution in [-0.4, -0.2) is 29.8 Å². The molecule has 0 aromatic heterocycles. The first-order valence-electron chi connectivity index (χ1n) is 6.99. The average molecular weight is 340 g/mol. The lowest BCUT2D eigenvalue weighted by Crippen LogP contribution is -2.51. The van der Waals surface area contributed by atoms with Gasteiger partial charge < -0.3 is 15.2 Å². The van der Waals surface area contributed by atoms with Gasteiger partial charge in [0.2, 0.25) is 5.91 Å². The normalized spacial score (nSPS) is 23.2. The third-order valence-corrected chi connectivity index (χ3v) is 4.81. The summed E-state index contributed by atoms with van der Waals surface area (Å²) in [6.07, 6.45) is 3.83. The van der Waals surface area contributed by atoms with Crippen LogP contribution in [0.4, 0.5) is 0 Å². The number of fused-ring (bicyclic) bond motifs is 1. The molecule has 1 saturated carbocycles. The molecule has 2 aliphatic rings. The Labute approximate surface area is 126 Å². The van der Waals surface area contributed by atoms with Crippen molar-refractivity contribution in [2.75, 3.05) is 13.2 Å². The van der Waals surface area contributed by atoms with Crippen molar-refractivity contribution in [1.29, 1.82) is 0 Å². The SMILES string of the molecule is O=C(NC1(CO)CCCC1)C1COc2ccc(Br)cc21. The molecule has 4 nitrogen and oxygen atoms in total. The van der Waals surface area contributed by atoms with E-state index in [0.29, 0.717) is 6.61 Å². The van der Waals surface area contributed by atoms with Gasteiger partial charge in [-0.05, 0) is 31.0 Å². The number of hydrogen-bond acceptors (Lipinski definition) is 3. The summed E-state index contributed by atoms with van der Waals surface area (Å²) < 4.78 is 6.52. The fraction of sp³-hybridized carbons (Fsp3) is 0.533. The van der Waals surface area contributed by atoms with Crippen LogP contribution >= 0.6 is 15.9 Å². The van der Waals surface area contributed by atoms with Crippen LogP contribution in [0.5, 0.6) is 5.75 Å². The molecular formula is C15H18BrNO3. The zero-order valence-electron chi connectivity index (χ0n) is 11.2. The number of halogens is 1. The quantitative estimate of drug-likeness (QED) is 0.888. The lowest BCUT2D eigenvalue weighted by molar-refractivity contribution is -0.125. The Morgan fingerprint density at radius 2 is 2.20 bits per heavy atom. The maximum Gasteiger partial charge on any atom is 0.231 e. The number of aliphatic hydroxyl groups excluding tert-OH is 1. The lowest BCUT2D eigenvalue weighted by Gasteiger charge is -2.29. The van der Waals surface area contributed by atoms with Gasteiger partial charge in [0.15, 0.2) is 0 Å². The number of nitrogens with one attached hydrogen (secondary N) is 1. The molecule has 1 aliphatic heterocycles. The molecule has 108 valence electrons. The molecule has 20 heavy (non-hydrogen) atoms. The van der Waals surface area contributed by atoms with Gasteiger partial charge in [0, 0.05) is 10.0 Å². The van der Waals surface area contributed by atoms with E-state index in [1.165, 1.54) is 0 Å². The zero-order chi connectivity index (χ0) is 14.2. The van der Waals surface area contributed by atoms with E-state index in [0.717, 1.165) is 41.5 Å². The molecule has 1 unspecified atom stereocenters. The Bertz CT molecular complexity index is 526. The molecule has 0 bridgehead atoms. The van der Waals surface area contributed by atoms with Crippen molar-refractivity contribution in [1.82, 2.24) is 5.32 Å². The van der Waals surface area contributed by atoms with Gasteiger partial charge in [-0.3, -0.25) is 4.79 Å². The van der Waals surface area contributed by atoms with Crippen molar-refractivity contribution in [2.24, 2.45) is 0 Å². The molecular weight excluding hydrogens is 322 g/mol. The van der Waals surface area contributed by atoms with Crippen LogP contribution in [0.25, 0.3) is 0 Å². The maximum atomic E-state index is 12.5.